The molecular weight excluding hydrogens is 379 g/mol. The summed E-state index contributed by atoms with van der Waals surface area (Å²) in [4.78, 5) is 7.16. The molecule has 0 fully saturated rings. The summed E-state index contributed by atoms with van der Waals surface area (Å²) >= 11 is 0. The standard InChI is InChI=1S/C19H13F5N4/c20-14-6-2-5-13(17(14)21)18-26-15-8-25-28(10-16(15)27-18)9-11-3-1-4-12(7-11)19(22,23)24/h1-8H,9-10H2,(H,26,27). The monoisotopic (exact) mass is 392 g/mol. The van der Waals surface area contributed by atoms with Crippen molar-refractivity contribution in [1.82, 2.24) is 15.0 Å². The Labute approximate surface area is 156 Å². The third-order valence-electron chi connectivity index (χ3n) is 4.32. The molecule has 0 bridgehead atoms. The number of aromatic nitrogens is 2. The Hall–Kier alpha value is -3.23. The Balaban J connectivity index is 1.55. The highest BCUT2D eigenvalue weighted by molar-refractivity contribution is 5.80. The maximum atomic E-state index is 14.0. The molecule has 2 aromatic carbocycles. The lowest BCUT2D eigenvalue weighted by Crippen LogP contribution is -2.21. The molecule has 28 heavy (non-hydrogen) atoms. The predicted octanol–water partition coefficient (Wildman–Crippen LogP) is 4.72. The Morgan fingerprint density at radius 1 is 1.07 bits per heavy atom. The van der Waals surface area contributed by atoms with Gasteiger partial charge in [0, 0.05) is 0 Å². The van der Waals surface area contributed by atoms with Gasteiger partial charge in [0.1, 0.15) is 11.5 Å². The first kappa shape index (κ1) is 18.1. The SMILES string of the molecule is Fc1cccc(-c2nc3c([nH]2)CN(Cc2cccc(C(F)(F)F)c2)N=C3)c1F. The Morgan fingerprint density at radius 3 is 2.64 bits per heavy atom. The fraction of sp³-hybridized carbons (Fsp3) is 0.158. The molecule has 0 spiro atoms. The number of H-pyrrole nitrogens is 1. The zero-order valence-electron chi connectivity index (χ0n) is 14.3. The minimum Gasteiger partial charge on any atom is -0.340 e. The lowest BCUT2D eigenvalue weighted by atomic mass is 10.1. The fourth-order valence-corrected chi connectivity index (χ4v) is 2.98. The average molecular weight is 392 g/mol. The van der Waals surface area contributed by atoms with Crippen LogP contribution < -0.4 is 0 Å². The molecule has 4 rings (SSSR count). The summed E-state index contributed by atoms with van der Waals surface area (Å²) < 4.78 is 66.0. The Bertz CT molecular complexity index is 1050. The number of hydrogen-bond donors (Lipinski definition) is 1. The first-order valence-corrected chi connectivity index (χ1v) is 8.29. The van der Waals surface area contributed by atoms with Crippen LogP contribution in [-0.2, 0) is 19.3 Å². The average Bonchev–Trinajstić information content (AvgIpc) is 3.06. The fourth-order valence-electron chi connectivity index (χ4n) is 2.98. The van der Waals surface area contributed by atoms with Crippen molar-refractivity contribution in [3.05, 3.63) is 76.6 Å². The van der Waals surface area contributed by atoms with E-state index in [1.54, 1.807) is 11.1 Å². The summed E-state index contributed by atoms with van der Waals surface area (Å²) in [7, 11) is 0. The van der Waals surface area contributed by atoms with E-state index in [-0.39, 0.29) is 24.5 Å². The molecule has 0 aliphatic carbocycles. The first-order valence-electron chi connectivity index (χ1n) is 8.29. The topological polar surface area (TPSA) is 44.3 Å². The summed E-state index contributed by atoms with van der Waals surface area (Å²) in [6.07, 6.45) is -2.98. The van der Waals surface area contributed by atoms with E-state index >= 15 is 0 Å². The maximum Gasteiger partial charge on any atom is 0.416 e. The zero-order chi connectivity index (χ0) is 19.9. The predicted molar refractivity (Wildman–Crippen MR) is 92.2 cm³/mol. The highest BCUT2D eigenvalue weighted by Crippen LogP contribution is 2.30. The molecule has 1 aliphatic rings. The molecule has 1 aliphatic heterocycles. The normalized spacial score (nSPS) is 13.7. The molecular formula is C19H13F5N4. The second-order valence-corrected chi connectivity index (χ2v) is 6.32. The number of rotatable bonds is 3. The van der Waals surface area contributed by atoms with Crippen molar-refractivity contribution in [2.45, 2.75) is 19.3 Å². The van der Waals surface area contributed by atoms with Crippen LogP contribution in [0.25, 0.3) is 11.4 Å². The molecule has 0 saturated carbocycles. The second-order valence-electron chi connectivity index (χ2n) is 6.32. The van der Waals surface area contributed by atoms with Gasteiger partial charge in [-0.2, -0.15) is 18.3 Å². The number of benzene rings is 2. The van der Waals surface area contributed by atoms with Crippen LogP contribution >= 0.6 is 0 Å². The van der Waals surface area contributed by atoms with E-state index in [1.807, 2.05) is 0 Å². The van der Waals surface area contributed by atoms with Gasteiger partial charge in [-0.05, 0) is 29.8 Å². The molecule has 0 atom stereocenters. The van der Waals surface area contributed by atoms with Crippen molar-refractivity contribution in [3.8, 4) is 11.4 Å². The number of alkyl halides is 3. The van der Waals surface area contributed by atoms with E-state index in [2.05, 4.69) is 15.1 Å². The van der Waals surface area contributed by atoms with Gasteiger partial charge in [0.2, 0.25) is 0 Å². The van der Waals surface area contributed by atoms with Crippen LogP contribution in [0.5, 0.6) is 0 Å². The van der Waals surface area contributed by atoms with Gasteiger partial charge < -0.3 is 4.98 Å². The van der Waals surface area contributed by atoms with Crippen molar-refractivity contribution in [2.75, 3.05) is 0 Å². The minimum absolute atomic E-state index is 0.00720. The van der Waals surface area contributed by atoms with Gasteiger partial charge in [-0.3, -0.25) is 5.01 Å². The highest BCUT2D eigenvalue weighted by atomic mass is 19.4. The van der Waals surface area contributed by atoms with Gasteiger partial charge in [-0.15, -0.1) is 0 Å². The molecule has 0 amide bonds. The van der Waals surface area contributed by atoms with Crippen molar-refractivity contribution >= 4 is 6.21 Å². The molecule has 144 valence electrons. The van der Waals surface area contributed by atoms with Crippen LogP contribution in [0.4, 0.5) is 22.0 Å². The van der Waals surface area contributed by atoms with Crippen LogP contribution in [0.15, 0.2) is 47.6 Å². The Kier molecular flexibility index (Phi) is 4.37. The smallest absolute Gasteiger partial charge is 0.340 e. The van der Waals surface area contributed by atoms with E-state index in [0.29, 0.717) is 17.0 Å². The number of hydrazone groups is 1. The summed E-state index contributed by atoms with van der Waals surface area (Å²) in [6, 6.07) is 8.81. The van der Waals surface area contributed by atoms with Crippen molar-refractivity contribution < 1.29 is 22.0 Å². The van der Waals surface area contributed by atoms with Crippen molar-refractivity contribution in [3.63, 3.8) is 0 Å². The van der Waals surface area contributed by atoms with Crippen LogP contribution in [0.1, 0.15) is 22.5 Å². The van der Waals surface area contributed by atoms with Crippen LogP contribution in [0.3, 0.4) is 0 Å². The second kappa shape index (κ2) is 6.74. The molecule has 1 aromatic heterocycles. The Morgan fingerprint density at radius 2 is 1.86 bits per heavy atom. The van der Waals surface area contributed by atoms with Crippen LogP contribution in [-0.4, -0.2) is 21.2 Å². The number of fused-ring (bicyclic) bond motifs is 1. The quantitative estimate of drug-likeness (QED) is 0.656. The number of aromatic amines is 1. The number of nitrogens with zero attached hydrogens (tertiary/aromatic N) is 3. The largest absolute Gasteiger partial charge is 0.416 e. The number of halogens is 5. The summed E-state index contributed by atoms with van der Waals surface area (Å²) in [5.41, 5.74) is 0.801. The van der Waals surface area contributed by atoms with Crippen molar-refractivity contribution in [2.24, 2.45) is 5.10 Å². The molecule has 3 aromatic rings. The van der Waals surface area contributed by atoms with Gasteiger partial charge >= 0.3 is 6.18 Å². The maximum absolute atomic E-state index is 14.0. The van der Waals surface area contributed by atoms with Gasteiger partial charge in [0.15, 0.2) is 11.6 Å². The van der Waals surface area contributed by atoms with Crippen LogP contribution in [0, 0.1) is 11.6 Å². The van der Waals surface area contributed by atoms with E-state index < -0.39 is 23.4 Å². The zero-order valence-corrected chi connectivity index (χ0v) is 14.3. The molecule has 0 radical (unpaired) electrons. The van der Waals surface area contributed by atoms with Gasteiger partial charge in [-0.1, -0.05) is 18.2 Å². The summed E-state index contributed by atoms with van der Waals surface area (Å²) in [6.45, 7) is 0.397. The molecule has 0 saturated heterocycles. The third kappa shape index (κ3) is 3.47. The van der Waals surface area contributed by atoms with Crippen molar-refractivity contribution in [1.29, 1.82) is 0 Å². The van der Waals surface area contributed by atoms with Gasteiger partial charge in [0.25, 0.3) is 0 Å². The van der Waals surface area contributed by atoms with Crippen LogP contribution in [0.2, 0.25) is 0 Å². The van der Waals surface area contributed by atoms with Gasteiger partial charge in [0.05, 0.1) is 36.1 Å². The summed E-state index contributed by atoms with van der Waals surface area (Å²) in [5, 5.41) is 5.74. The molecule has 1 N–H and O–H groups in total. The lowest BCUT2D eigenvalue weighted by molar-refractivity contribution is -0.137. The van der Waals surface area contributed by atoms with E-state index in [4.69, 9.17) is 0 Å². The summed E-state index contributed by atoms with van der Waals surface area (Å²) in [5.74, 6) is -1.83. The molecule has 0 unspecified atom stereocenters. The minimum atomic E-state index is -4.42. The number of imidazole rings is 1. The first-order chi connectivity index (χ1) is 13.3. The molecule has 2 heterocycles. The number of hydrogen-bond acceptors (Lipinski definition) is 3. The van der Waals surface area contributed by atoms with Gasteiger partial charge in [-0.25, -0.2) is 13.8 Å². The highest BCUT2D eigenvalue weighted by Gasteiger charge is 2.30. The molecule has 4 nitrogen and oxygen atoms in total. The van der Waals surface area contributed by atoms with E-state index in [9.17, 15) is 22.0 Å². The van der Waals surface area contributed by atoms with E-state index in [0.717, 1.165) is 18.2 Å². The number of nitrogens with one attached hydrogen (secondary N) is 1. The van der Waals surface area contributed by atoms with E-state index in [1.165, 1.54) is 24.4 Å². The molecule has 9 heteroatoms. The third-order valence-corrected chi connectivity index (χ3v) is 4.32. The lowest BCUT2D eigenvalue weighted by Gasteiger charge is -2.22.